The van der Waals surface area contributed by atoms with Crippen LogP contribution in [0.2, 0.25) is 0 Å². The van der Waals surface area contributed by atoms with Crippen LogP contribution in [0.25, 0.3) is 0 Å². The second-order valence-corrected chi connectivity index (χ2v) is 6.62. The van der Waals surface area contributed by atoms with Crippen LogP contribution in [-0.4, -0.2) is 98.7 Å². The molecule has 2 N–H and O–H groups in total. The second kappa shape index (κ2) is 8.67. The summed E-state index contributed by atoms with van der Waals surface area (Å²) in [6, 6.07) is 8.93. The van der Waals surface area contributed by atoms with Gasteiger partial charge in [-0.2, -0.15) is 0 Å². The van der Waals surface area contributed by atoms with Gasteiger partial charge in [-0.3, -0.25) is 9.80 Å². The van der Waals surface area contributed by atoms with Gasteiger partial charge in [0.1, 0.15) is 0 Å². The fourth-order valence-electron chi connectivity index (χ4n) is 3.62. The van der Waals surface area contributed by atoms with Gasteiger partial charge in [0.05, 0.1) is 13.2 Å². The molecule has 2 aliphatic rings. The Morgan fingerprint density at radius 3 is 1.21 bits per heavy atom. The number of anilines is 2. The molecule has 24 heavy (non-hydrogen) atoms. The third kappa shape index (κ3) is 4.39. The lowest BCUT2D eigenvalue weighted by atomic mass is 10.2. The van der Waals surface area contributed by atoms with E-state index in [0.29, 0.717) is 0 Å². The van der Waals surface area contributed by atoms with Crippen molar-refractivity contribution in [3.8, 4) is 0 Å². The van der Waals surface area contributed by atoms with Crippen molar-refractivity contribution in [2.45, 2.75) is 0 Å². The zero-order valence-corrected chi connectivity index (χ0v) is 14.5. The summed E-state index contributed by atoms with van der Waals surface area (Å²) in [4.78, 5) is 9.49. The first-order valence-corrected chi connectivity index (χ1v) is 9.06. The summed E-state index contributed by atoms with van der Waals surface area (Å²) in [5, 5.41) is 18.1. The van der Waals surface area contributed by atoms with Gasteiger partial charge in [0, 0.05) is 76.8 Å². The molecular weight excluding hydrogens is 304 g/mol. The third-order valence-electron chi connectivity index (χ3n) is 5.16. The topological polar surface area (TPSA) is 53.4 Å². The zero-order chi connectivity index (χ0) is 16.8. The van der Waals surface area contributed by atoms with Gasteiger partial charge in [-0.25, -0.2) is 0 Å². The molecule has 6 heteroatoms. The van der Waals surface area contributed by atoms with E-state index in [9.17, 15) is 0 Å². The van der Waals surface area contributed by atoms with Gasteiger partial charge < -0.3 is 20.0 Å². The molecule has 1 aromatic rings. The molecule has 2 fully saturated rings. The molecule has 3 rings (SSSR count). The maximum atomic E-state index is 9.03. The quantitative estimate of drug-likeness (QED) is 0.759. The molecule has 0 amide bonds. The molecule has 0 atom stereocenters. The van der Waals surface area contributed by atoms with E-state index < -0.39 is 0 Å². The Hall–Kier alpha value is -1.34. The van der Waals surface area contributed by atoms with Crippen LogP contribution in [-0.2, 0) is 0 Å². The predicted molar refractivity (Wildman–Crippen MR) is 97.9 cm³/mol. The minimum absolute atomic E-state index is 0.250. The van der Waals surface area contributed by atoms with Crippen molar-refractivity contribution in [2.75, 3.05) is 88.5 Å². The number of nitrogens with zero attached hydrogens (tertiary/aromatic N) is 4. The number of rotatable bonds is 6. The largest absolute Gasteiger partial charge is 0.395 e. The number of aliphatic hydroxyl groups is 2. The van der Waals surface area contributed by atoms with Gasteiger partial charge in [0.2, 0.25) is 0 Å². The molecule has 0 aliphatic carbocycles. The Morgan fingerprint density at radius 2 is 0.917 bits per heavy atom. The lowest BCUT2D eigenvalue weighted by Crippen LogP contribution is -2.47. The van der Waals surface area contributed by atoms with Crippen molar-refractivity contribution in [1.82, 2.24) is 9.80 Å². The highest BCUT2D eigenvalue weighted by Crippen LogP contribution is 2.22. The van der Waals surface area contributed by atoms with E-state index in [1.165, 1.54) is 11.4 Å². The van der Waals surface area contributed by atoms with Gasteiger partial charge in [-0.05, 0) is 24.3 Å². The smallest absolute Gasteiger partial charge is 0.0558 e. The van der Waals surface area contributed by atoms with Crippen LogP contribution in [0.1, 0.15) is 0 Å². The fraction of sp³-hybridized carbons (Fsp3) is 0.667. The molecule has 0 unspecified atom stereocenters. The zero-order valence-electron chi connectivity index (χ0n) is 14.5. The van der Waals surface area contributed by atoms with Crippen molar-refractivity contribution in [3.63, 3.8) is 0 Å². The lowest BCUT2D eigenvalue weighted by molar-refractivity contribution is 0.188. The molecule has 2 aliphatic heterocycles. The molecular formula is C18H30N4O2. The molecule has 1 aromatic carbocycles. The highest BCUT2D eigenvalue weighted by molar-refractivity contribution is 5.56. The van der Waals surface area contributed by atoms with Crippen LogP contribution in [0.5, 0.6) is 0 Å². The predicted octanol–water partition coefficient (Wildman–Crippen LogP) is -0.0848. The van der Waals surface area contributed by atoms with E-state index >= 15 is 0 Å². The Bertz CT molecular complexity index is 435. The SMILES string of the molecule is OCCN1CCN(c2ccc(N3CCN(CCO)CC3)cc2)CC1. The van der Waals surface area contributed by atoms with Crippen LogP contribution in [0.4, 0.5) is 11.4 Å². The number of β-amino-alcohol motifs (C(OH)–C–C–N with tert-alkyl or cyclic N) is 2. The highest BCUT2D eigenvalue weighted by Gasteiger charge is 2.19. The summed E-state index contributed by atoms with van der Waals surface area (Å²) in [7, 11) is 0. The first kappa shape index (κ1) is 17.5. The summed E-state index contributed by atoms with van der Waals surface area (Å²) < 4.78 is 0. The molecule has 6 nitrogen and oxygen atoms in total. The van der Waals surface area contributed by atoms with Crippen LogP contribution < -0.4 is 9.80 Å². The van der Waals surface area contributed by atoms with Gasteiger partial charge in [0.25, 0.3) is 0 Å². The van der Waals surface area contributed by atoms with E-state index in [1.807, 2.05) is 0 Å². The van der Waals surface area contributed by atoms with E-state index in [2.05, 4.69) is 43.9 Å². The van der Waals surface area contributed by atoms with Crippen LogP contribution in [0.15, 0.2) is 24.3 Å². The molecule has 2 heterocycles. The van der Waals surface area contributed by atoms with E-state index in [-0.39, 0.29) is 13.2 Å². The number of hydrogen-bond donors (Lipinski definition) is 2. The molecule has 2 saturated heterocycles. The Labute approximate surface area is 144 Å². The first-order valence-electron chi connectivity index (χ1n) is 9.06. The highest BCUT2D eigenvalue weighted by atomic mass is 16.3. The Balaban J connectivity index is 1.51. The summed E-state index contributed by atoms with van der Waals surface area (Å²) in [6.45, 7) is 10.3. The maximum absolute atomic E-state index is 9.03. The number of piperazine rings is 2. The lowest BCUT2D eigenvalue weighted by Gasteiger charge is -2.37. The van der Waals surface area contributed by atoms with Crippen molar-refractivity contribution < 1.29 is 10.2 Å². The molecule has 0 aromatic heterocycles. The van der Waals surface area contributed by atoms with Crippen molar-refractivity contribution in [1.29, 1.82) is 0 Å². The fourth-order valence-corrected chi connectivity index (χ4v) is 3.62. The number of benzene rings is 1. The maximum Gasteiger partial charge on any atom is 0.0558 e. The Kier molecular flexibility index (Phi) is 6.31. The third-order valence-corrected chi connectivity index (χ3v) is 5.16. The van der Waals surface area contributed by atoms with E-state index in [0.717, 1.165) is 65.4 Å². The molecule has 0 bridgehead atoms. The van der Waals surface area contributed by atoms with Crippen LogP contribution >= 0.6 is 0 Å². The minimum atomic E-state index is 0.250. The average Bonchev–Trinajstić information content (AvgIpc) is 2.64. The summed E-state index contributed by atoms with van der Waals surface area (Å²) in [5.74, 6) is 0. The average molecular weight is 334 g/mol. The molecule has 134 valence electrons. The van der Waals surface area contributed by atoms with Crippen molar-refractivity contribution in [2.24, 2.45) is 0 Å². The molecule has 0 spiro atoms. The molecule has 0 radical (unpaired) electrons. The van der Waals surface area contributed by atoms with Crippen LogP contribution in [0.3, 0.4) is 0 Å². The van der Waals surface area contributed by atoms with Crippen molar-refractivity contribution >= 4 is 11.4 Å². The summed E-state index contributed by atoms with van der Waals surface area (Å²) in [5.41, 5.74) is 2.59. The second-order valence-electron chi connectivity index (χ2n) is 6.62. The van der Waals surface area contributed by atoms with Gasteiger partial charge >= 0.3 is 0 Å². The molecule has 0 saturated carbocycles. The van der Waals surface area contributed by atoms with Crippen molar-refractivity contribution in [3.05, 3.63) is 24.3 Å². The van der Waals surface area contributed by atoms with Gasteiger partial charge in [0.15, 0.2) is 0 Å². The van der Waals surface area contributed by atoms with E-state index in [4.69, 9.17) is 10.2 Å². The monoisotopic (exact) mass is 334 g/mol. The number of aliphatic hydroxyl groups excluding tert-OH is 2. The standard InChI is InChI=1S/C18H30N4O2/c23-15-13-19-5-9-21(10-6-19)17-1-2-18(4-3-17)22-11-7-20(8-12-22)14-16-24/h1-4,23-24H,5-16H2. The normalized spacial score (nSPS) is 20.6. The van der Waals surface area contributed by atoms with Gasteiger partial charge in [-0.15, -0.1) is 0 Å². The summed E-state index contributed by atoms with van der Waals surface area (Å²) in [6.07, 6.45) is 0. The summed E-state index contributed by atoms with van der Waals surface area (Å²) >= 11 is 0. The van der Waals surface area contributed by atoms with Gasteiger partial charge in [-0.1, -0.05) is 0 Å². The number of hydrogen-bond acceptors (Lipinski definition) is 6. The van der Waals surface area contributed by atoms with Crippen LogP contribution in [0, 0.1) is 0 Å². The Morgan fingerprint density at radius 1 is 0.583 bits per heavy atom. The minimum Gasteiger partial charge on any atom is -0.395 e. The first-order chi connectivity index (χ1) is 11.8. The van der Waals surface area contributed by atoms with E-state index in [1.54, 1.807) is 0 Å².